The highest BCUT2D eigenvalue weighted by molar-refractivity contribution is 5.88. The zero-order valence-electron chi connectivity index (χ0n) is 15.4. The Labute approximate surface area is 159 Å². The fourth-order valence-corrected chi connectivity index (χ4v) is 2.34. The number of allylic oxidation sites excluding steroid dienone is 1. The molecule has 11 heteroatoms. The fraction of sp³-hybridized carbons (Fsp3) is 0.529. The molecule has 154 valence electrons. The molecule has 1 aromatic rings. The first-order chi connectivity index (χ1) is 13.5. The number of ether oxygens (including phenoxy) is 2. The van der Waals surface area contributed by atoms with Crippen molar-refractivity contribution in [1.29, 1.82) is 0 Å². The minimum Gasteiger partial charge on any atom is -0.372 e. The van der Waals surface area contributed by atoms with Gasteiger partial charge >= 0.3 is 17.1 Å². The summed E-state index contributed by atoms with van der Waals surface area (Å²) >= 11 is 0. The lowest BCUT2D eigenvalue weighted by molar-refractivity contribution is -0.115. The topological polar surface area (TPSA) is 136 Å². The second-order valence-electron chi connectivity index (χ2n) is 5.56. The molecular weight excluding hydrogens is 374 g/mol. The molecule has 0 unspecified atom stereocenters. The van der Waals surface area contributed by atoms with Gasteiger partial charge in [0.15, 0.2) is 5.78 Å². The third kappa shape index (κ3) is 6.67. The number of rotatable bonds is 15. The Morgan fingerprint density at radius 2 is 1.25 bits per heavy atom. The summed E-state index contributed by atoms with van der Waals surface area (Å²) in [5.74, 6) is -0.230. The monoisotopic (exact) mass is 397 g/mol. The van der Waals surface area contributed by atoms with Crippen molar-refractivity contribution in [2.24, 2.45) is 0 Å². The number of carbonyl (C=O) groups is 3. The minimum absolute atomic E-state index is 0.0675. The van der Waals surface area contributed by atoms with Crippen LogP contribution in [0.2, 0.25) is 0 Å². The van der Waals surface area contributed by atoms with E-state index >= 15 is 0 Å². The van der Waals surface area contributed by atoms with Crippen LogP contribution in [0.15, 0.2) is 27.0 Å². The molecule has 0 atom stereocenters. The Kier molecular flexibility index (Phi) is 10.3. The molecule has 0 radical (unpaired) electrons. The molecule has 11 nitrogen and oxygen atoms in total. The fourth-order valence-electron chi connectivity index (χ4n) is 2.34. The molecule has 0 fully saturated rings. The number of aromatic nitrogens is 3. The average Bonchev–Trinajstić information content (AvgIpc) is 2.69. The van der Waals surface area contributed by atoms with E-state index in [2.05, 4.69) is 6.58 Å². The van der Waals surface area contributed by atoms with Gasteiger partial charge in [-0.2, -0.15) is 0 Å². The van der Waals surface area contributed by atoms with Crippen LogP contribution in [-0.4, -0.2) is 58.5 Å². The zero-order valence-corrected chi connectivity index (χ0v) is 15.4. The third-order valence-electron chi connectivity index (χ3n) is 3.71. The second kappa shape index (κ2) is 12.5. The van der Waals surface area contributed by atoms with Crippen molar-refractivity contribution >= 4 is 18.4 Å². The minimum atomic E-state index is -0.849. The Hall–Kier alpha value is -2.92. The van der Waals surface area contributed by atoms with Crippen LogP contribution in [-0.2, 0) is 43.5 Å². The molecule has 1 heterocycles. The highest BCUT2D eigenvalue weighted by Crippen LogP contribution is 1.93. The molecule has 1 aromatic heterocycles. The molecule has 0 amide bonds. The summed E-state index contributed by atoms with van der Waals surface area (Å²) < 4.78 is 12.4. The first-order valence-electron chi connectivity index (χ1n) is 8.60. The number of hydrogen-bond donors (Lipinski definition) is 0. The predicted molar refractivity (Wildman–Crippen MR) is 97.4 cm³/mol. The van der Waals surface area contributed by atoms with Crippen molar-refractivity contribution in [3.8, 4) is 0 Å². The van der Waals surface area contributed by atoms with E-state index < -0.39 is 17.1 Å². The lowest BCUT2D eigenvalue weighted by atomic mass is 10.2. The smallest absolute Gasteiger partial charge is 0.336 e. The molecule has 0 saturated carbocycles. The van der Waals surface area contributed by atoms with Gasteiger partial charge in [0.25, 0.3) is 0 Å². The normalized spacial score (nSPS) is 10.6. The van der Waals surface area contributed by atoms with Crippen LogP contribution >= 0.6 is 0 Å². The van der Waals surface area contributed by atoms with Crippen molar-refractivity contribution in [3.05, 3.63) is 44.1 Å². The van der Waals surface area contributed by atoms with E-state index in [0.29, 0.717) is 12.6 Å². The van der Waals surface area contributed by atoms with Crippen molar-refractivity contribution in [1.82, 2.24) is 13.7 Å². The van der Waals surface area contributed by atoms with Gasteiger partial charge in [-0.3, -0.25) is 4.79 Å². The van der Waals surface area contributed by atoms with Gasteiger partial charge in [0.05, 0.1) is 26.3 Å². The Bertz CT molecular complexity index is 810. The van der Waals surface area contributed by atoms with E-state index in [1.807, 2.05) is 0 Å². The van der Waals surface area contributed by atoms with Gasteiger partial charge in [0, 0.05) is 13.0 Å². The van der Waals surface area contributed by atoms with E-state index in [0.717, 1.165) is 19.8 Å². The number of ketones is 1. The van der Waals surface area contributed by atoms with Crippen LogP contribution in [0.25, 0.3) is 0 Å². The second-order valence-corrected chi connectivity index (χ2v) is 5.56. The van der Waals surface area contributed by atoms with E-state index in [4.69, 9.17) is 9.47 Å². The molecule has 0 bridgehead atoms. The Balaban J connectivity index is 3.17. The third-order valence-corrected chi connectivity index (χ3v) is 3.71. The summed E-state index contributed by atoms with van der Waals surface area (Å²) in [7, 11) is 0. The maximum Gasteiger partial charge on any atom is 0.336 e. The van der Waals surface area contributed by atoms with Gasteiger partial charge < -0.3 is 19.1 Å². The highest BCUT2D eigenvalue weighted by atomic mass is 16.5. The summed E-state index contributed by atoms with van der Waals surface area (Å²) in [6.45, 7) is 2.43. The number of nitrogens with zero attached hydrogens (tertiary/aromatic N) is 3. The molecule has 0 N–H and O–H groups in total. The van der Waals surface area contributed by atoms with Gasteiger partial charge in [-0.15, -0.1) is 0 Å². The maximum absolute atomic E-state index is 12.6. The van der Waals surface area contributed by atoms with E-state index in [-0.39, 0.29) is 64.7 Å². The summed E-state index contributed by atoms with van der Waals surface area (Å²) in [6.07, 6.45) is 2.52. The molecule has 0 aliphatic rings. The van der Waals surface area contributed by atoms with E-state index in [1.165, 1.54) is 0 Å². The van der Waals surface area contributed by atoms with Gasteiger partial charge in [-0.1, -0.05) is 6.58 Å². The molecule has 0 aliphatic heterocycles. The molecular formula is C17H23N3O8. The molecule has 0 aromatic carbocycles. The van der Waals surface area contributed by atoms with Crippen LogP contribution in [0, 0.1) is 0 Å². The number of carbonyl (C=O) groups excluding carboxylic acids is 3. The molecule has 0 spiro atoms. The first kappa shape index (κ1) is 23.1. The van der Waals surface area contributed by atoms with Gasteiger partial charge in [-0.25, -0.2) is 28.1 Å². The van der Waals surface area contributed by atoms with E-state index in [9.17, 15) is 28.8 Å². The van der Waals surface area contributed by atoms with Crippen LogP contribution < -0.4 is 17.1 Å². The Morgan fingerprint density at radius 1 is 0.821 bits per heavy atom. The standard InChI is InChI=1S/C17H23N3O8/c1-2-14(23)4-3-5-18-15(24)19(6-10-27-12-8-21)17(26)20(16(18)25)7-11-28-13-9-22/h2,8-9H,1,3-7,10-13H2. The highest BCUT2D eigenvalue weighted by Gasteiger charge is 2.15. The zero-order chi connectivity index (χ0) is 20.9. The van der Waals surface area contributed by atoms with Gasteiger partial charge in [0.1, 0.15) is 25.8 Å². The van der Waals surface area contributed by atoms with Crippen molar-refractivity contribution in [2.45, 2.75) is 32.5 Å². The molecule has 0 aliphatic carbocycles. The summed E-state index contributed by atoms with van der Waals surface area (Å²) in [5.41, 5.74) is -2.51. The van der Waals surface area contributed by atoms with Crippen LogP contribution in [0.3, 0.4) is 0 Å². The summed E-state index contributed by atoms with van der Waals surface area (Å²) in [6, 6.07) is 0. The van der Waals surface area contributed by atoms with Crippen LogP contribution in [0.5, 0.6) is 0 Å². The molecule has 28 heavy (non-hydrogen) atoms. The lowest BCUT2D eigenvalue weighted by Crippen LogP contribution is -2.55. The maximum atomic E-state index is 12.6. The summed E-state index contributed by atoms with van der Waals surface area (Å²) in [5, 5.41) is 0. The predicted octanol–water partition coefficient (Wildman–Crippen LogP) is -1.86. The first-order valence-corrected chi connectivity index (χ1v) is 8.60. The van der Waals surface area contributed by atoms with Crippen molar-refractivity contribution in [2.75, 3.05) is 26.4 Å². The average molecular weight is 397 g/mol. The lowest BCUT2D eigenvalue weighted by Gasteiger charge is -2.13. The van der Waals surface area contributed by atoms with E-state index in [1.54, 1.807) is 0 Å². The van der Waals surface area contributed by atoms with Crippen LogP contribution in [0.4, 0.5) is 0 Å². The SMILES string of the molecule is C=CC(=O)CCCn1c(=O)n(CCOCC=O)c(=O)n(CCOCC=O)c1=O. The molecule has 0 saturated heterocycles. The molecule has 1 rings (SSSR count). The largest absolute Gasteiger partial charge is 0.372 e. The quantitative estimate of drug-likeness (QED) is 0.191. The Morgan fingerprint density at radius 3 is 1.64 bits per heavy atom. The number of aldehydes is 2. The van der Waals surface area contributed by atoms with Gasteiger partial charge in [-0.05, 0) is 12.5 Å². The van der Waals surface area contributed by atoms with Crippen LogP contribution in [0.1, 0.15) is 12.8 Å². The van der Waals surface area contributed by atoms with Crippen molar-refractivity contribution in [3.63, 3.8) is 0 Å². The van der Waals surface area contributed by atoms with Gasteiger partial charge in [0.2, 0.25) is 0 Å². The van der Waals surface area contributed by atoms with Crippen molar-refractivity contribution < 1.29 is 23.9 Å². The number of hydrogen-bond acceptors (Lipinski definition) is 8. The summed E-state index contributed by atoms with van der Waals surface area (Å²) in [4.78, 5) is 69.5.